The second-order valence-corrected chi connectivity index (χ2v) is 5.87. The number of rotatable bonds is 8. The number of aryl methyl sites for hydroxylation is 1. The quantitative estimate of drug-likeness (QED) is 0.283. The Labute approximate surface area is 152 Å². The molecule has 0 fully saturated rings. The lowest BCUT2D eigenvalue weighted by Gasteiger charge is -2.28. The van der Waals surface area contributed by atoms with Crippen molar-refractivity contribution in [2.45, 2.75) is 32.8 Å². The first-order chi connectivity index (χ1) is 12.2. The van der Waals surface area contributed by atoms with Crippen LogP contribution in [-0.4, -0.2) is 42.2 Å². The molecular weight excluding hydrogens is 336 g/mol. The summed E-state index contributed by atoms with van der Waals surface area (Å²) < 4.78 is 5.74. The summed E-state index contributed by atoms with van der Waals surface area (Å²) in [6.45, 7) is 8.19. The van der Waals surface area contributed by atoms with Crippen LogP contribution in [0.25, 0.3) is 0 Å². The van der Waals surface area contributed by atoms with Gasteiger partial charge in [0.05, 0.1) is 5.84 Å². The summed E-state index contributed by atoms with van der Waals surface area (Å²) in [5.41, 5.74) is 1.81. The molecule has 0 bridgehead atoms. The lowest BCUT2D eigenvalue weighted by Crippen LogP contribution is -2.44. The van der Waals surface area contributed by atoms with Crippen molar-refractivity contribution < 1.29 is 19.4 Å². The molecule has 0 heterocycles. The van der Waals surface area contributed by atoms with Crippen LogP contribution in [0.4, 0.5) is 0 Å². The Morgan fingerprint density at radius 3 is 2.65 bits per heavy atom. The summed E-state index contributed by atoms with van der Waals surface area (Å²) in [7, 11) is 1.57. The number of carbonyl (C=O) groups is 2. The van der Waals surface area contributed by atoms with Gasteiger partial charge in [-0.2, -0.15) is 5.10 Å². The predicted molar refractivity (Wildman–Crippen MR) is 100 cm³/mol. The van der Waals surface area contributed by atoms with Crippen molar-refractivity contribution in [1.82, 2.24) is 10.7 Å². The van der Waals surface area contributed by atoms with Gasteiger partial charge in [-0.05, 0) is 38.5 Å². The number of carboxylic acids is 1. The molecule has 1 amide bonds. The summed E-state index contributed by atoms with van der Waals surface area (Å²) in [4.78, 5) is 27.6. The molecule has 0 aliphatic carbocycles. The van der Waals surface area contributed by atoms with Gasteiger partial charge in [0.25, 0.3) is 5.91 Å². The average molecular weight is 360 g/mol. The zero-order valence-electron chi connectivity index (χ0n) is 15.4. The predicted octanol–water partition coefficient (Wildman–Crippen LogP) is 1.86. The number of ether oxygens (including phenoxy) is 1. The minimum absolute atomic E-state index is 0.103. The Morgan fingerprint density at radius 2 is 2.12 bits per heavy atom. The summed E-state index contributed by atoms with van der Waals surface area (Å²) in [6, 6.07) is 7.08. The molecule has 1 aromatic carbocycles. The maximum atomic E-state index is 11.9. The number of hydrogen-bond donors (Lipinski definition) is 3. The summed E-state index contributed by atoms with van der Waals surface area (Å²) in [5.74, 6) is -0.777. The Morgan fingerprint density at radius 1 is 1.42 bits per heavy atom. The monoisotopic (exact) mass is 360 g/mol. The van der Waals surface area contributed by atoms with Crippen molar-refractivity contribution in [3.05, 3.63) is 41.6 Å². The van der Waals surface area contributed by atoms with E-state index in [1.165, 1.54) is 13.0 Å². The van der Waals surface area contributed by atoms with Crippen LogP contribution in [0.3, 0.4) is 0 Å². The molecule has 8 heteroatoms. The van der Waals surface area contributed by atoms with E-state index in [4.69, 9.17) is 4.74 Å². The minimum atomic E-state index is -1.61. The Bertz CT molecular complexity index is 742. The highest BCUT2D eigenvalue weighted by Gasteiger charge is 2.37. The molecule has 1 atom stereocenters. The number of amides is 1. The first kappa shape index (κ1) is 20.9. The standard InChI is InChI=1S/C18H24N4O4/c1-12-7-6-8-15(9-12)26-18(3,17(24)25)11-14(21-13(2)19-4)10-16(23)22-20-5/h6-10H,5,11H2,1-4H3,(H,19,21)(H,22,23)(H,24,25)/b14-10-. The van der Waals surface area contributed by atoms with E-state index in [2.05, 4.69) is 27.6 Å². The SMILES string of the molecule is C=NNC(=O)/C=C(/CC(C)(Oc1cccc(C)c1)C(=O)O)NC(C)=NC. The molecule has 0 aliphatic heterocycles. The van der Waals surface area contributed by atoms with E-state index in [1.807, 2.05) is 13.0 Å². The van der Waals surface area contributed by atoms with Crippen molar-refractivity contribution >= 4 is 24.4 Å². The molecule has 3 N–H and O–H groups in total. The van der Waals surface area contributed by atoms with Gasteiger partial charge in [0.1, 0.15) is 5.75 Å². The van der Waals surface area contributed by atoms with E-state index >= 15 is 0 Å². The van der Waals surface area contributed by atoms with E-state index in [0.29, 0.717) is 17.3 Å². The van der Waals surface area contributed by atoms with Crippen LogP contribution >= 0.6 is 0 Å². The molecule has 1 aromatic rings. The summed E-state index contributed by atoms with van der Waals surface area (Å²) in [5, 5.41) is 15.9. The lowest BCUT2D eigenvalue weighted by atomic mass is 9.99. The summed E-state index contributed by atoms with van der Waals surface area (Å²) in [6.07, 6.45) is 1.10. The fourth-order valence-corrected chi connectivity index (χ4v) is 2.15. The Balaban J connectivity index is 3.16. The molecule has 1 unspecified atom stereocenters. The molecule has 8 nitrogen and oxygen atoms in total. The van der Waals surface area contributed by atoms with E-state index in [0.717, 1.165) is 5.56 Å². The lowest BCUT2D eigenvalue weighted by molar-refractivity contribution is -0.153. The number of aliphatic imine (C=N–C) groups is 1. The Kier molecular flexibility index (Phi) is 7.52. The second kappa shape index (κ2) is 9.36. The summed E-state index contributed by atoms with van der Waals surface area (Å²) >= 11 is 0. The first-order valence-electron chi connectivity index (χ1n) is 7.86. The van der Waals surface area contributed by atoms with Gasteiger partial charge in [-0.3, -0.25) is 9.79 Å². The van der Waals surface area contributed by atoms with Crippen molar-refractivity contribution in [3.8, 4) is 5.75 Å². The number of hydrazone groups is 1. The fourth-order valence-electron chi connectivity index (χ4n) is 2.15. The van der Waals surface area contributed by atoms with Crippen LogP contribution in [0.2, 0.25) is 0 Å². The highest BCUT2D eigenvalue weighted by Crippen LogP contribution is 2.25. The number of nitrogens with one attached hydrogen (secondary N) is 2. The van der Waals surface area contributed by atoms with Crippen molar-refractivity contribution in [2.75, 3.05) is 7.05 Å². The van der Waals surface area contributed by atoms with Crippen LogP contribution < -0.4 is 15.5 Å². The van der Waals surface area contributed by atoms with Gasteiger partial charge in [-0.15, -0.1) is 0 Å². The van der Waals surface area contributed by atoms with Gasteiger partial charge >= 0.3 is 5.97 Å². The minimum Gasteiger partial charge on any atom is -0.478 e. The molecule has 140 valence electrons. The maximum absolute atomic E-state index is 11.9. The first-order valence-corrected chi connectivity index (χ1v) is 7.86. The van der Waals surface area contributed by atoms with Crippen LogP contribution in [0.1, 0.15) is 25.8 Å². The topological polar surface area (TPSA) is 112 Å². The van der Waals surface area contributed by atoms with Crippen LogP contribution in [0.15, 0.2) is 46.1 Å². The van der Waals surface area contributed by atoms with E-state index in [1.54, 1.807) is 32.2 Å². The van der Waals surface area contributed by atoms with Gasteiger partial charge in [-0.1, -0.05) is 12.1 Å². The molecule has 0 spiro atoms. The van der Waals surface area contributed by atoms with E-state index < -0.39 is 17.5 Å². The molecule has 0 saturated carbocycles. The normalized spacial score (nSPS) is 14.2. The van der Waals surface area contributed by atoms with Gasteiger partial charge < -0.3 is 15.2 Å². The largest absolute Gasteiger partial charge is 0.478 e. The molecule has 0 aliphatic rings. The van der Waals surface area contributed by atoms with Crippen molar-refractivity contribution in [1.29, 1.82) is 0 Å². The third kappa shape index (κ3) is 6.39. The molecule has 1 rings (SSSR count). The molecule has 0 radical (unpaired) electrons. The van der Waals surface area contributed by atoms with E-state index in [-0.39, 0.29) is 6.42 Å². The number of nitrogens with zero attached hydrogens (tertiary/aromatic N) is 2. The molecule has 26 heavy (non-hydrogen) atoms. The highest BCUT2D eigenvalue weighted by atomic mass is 16.5. The van der Waals surface area contributed by atoms with Gasteiger partial charge in [-0.25, -0.2) is 10.2 Å². The van der Waals surface area contributed by atoms with Gasteiger partial charge in [0.15, 0.2) is 0 Å². The third-order valence-corrected chi connectivity index (χ3v) is 3.48. The average Bonchev–Trinajstić information content (AvgIpc) is 2.54. The van der Waals surface area contributed by atoms with E-state index in [9.17, 15) is 14.7 Å². The zero-order valence-corrected chi connectivity index (χ0v) is 15.4. The van der Waals surface area contributed by atoms with Crippen LogP contribution in [0, 0.1) is 6.92 Å². The Hall–Kier alpha value is -3.16. The smallest absolute Gasteiger partial charge is 0.348 e. The van der Waals surface area contributed by atoms with Crippen LogP contribution in [0.5, 0.6) is 5.75 Å². The highest BCUT2D eigenvalue weighted by molar-refractivity contribution is 5.90. The third-order valence-electron chi connectivity index (χ3n) is 3.48. The molecule has 0 aromatic heterocycles. The maximum Gasteiger partial charge on any atom is 0.348 e. The zero-order chi connectivity index (χ0) is 19.7. The van der Waals surface area contributed by atoms with Crippen LogP contribution in [-0.2, 0) is 9.59 Å². The number of benzene rings is 1. The van der Waals surface area contributed by atoms with Crippen molar-refractivity contribution in [3.63, 3.8) is 0 Å². The number of aliphatic carboxylic acids is 1. The number of carbonyl (C=O) groups excluding carboxylic acids is 1. The number of amidine groups is 1. The van der Waals surface area contributed by atoms with Crippen molar-refractivity contribution in [2.24, 2.45) is 10.1 Å². The van der Waals surface area contributed by atoms with Gasteiger partial charge in [0, 0.05) is 32.0 Å². The fraction of sp³-hybridized carbons (Fsp3) is 0.333. The number of carboxylic acid groups (broad SMARTS) is 1. The number of hydrogen-bond acceptors (Lipinski definition) is 5. The molecule has 0 saturated heterocycles. The molecular formula is C18H24N4O4. The second-order valence-electron chi connectivity index (χ2n) is 5.87. The van der Waals surface area contributed by atoms with Gasteiger partial charge in [0.2, 0.25) is 5.60 Å².